The van der Waals surface area contributed by atoms with Crippen LogP contribution in [0.5, 0.6) is 0 Å². The topological polar surface area (TPSA) is 157 Å². The van der Waals surface area contributed by atoms with Crippen LogP contribution in [0, 0.1) is 8.99 Å². The van der Waals surface area contributed by atoms with Gasteiger partial charge in [-0.3, -0.25) is 24.0 Å². The third-order valence-electron chi connectivity index (χ3n) is 8.85. The van der Waals surface area contributed by atoms with Gasteiger partial charge in [0.15, 0.2) is 6.10 Å². The van der Waals surface area contributed by atoms with Crippen LogP contribution < -0.4 is 21.3 Å². The van der Waals surface area contributed by atoms with Crippen molar-refractivity contribution in [3.8, 4) is 0 Å². The minimum absolute atomic E-state index is 0.0940. The Balaban J connectivity index is 1.58. The highest BCUT2D eigenvalue weighted by atomic mass is 127. The summed E-state index contributed by atoms with van der Waals surface area (Å²) in [5, 5.41) is 23.1. The maximum atomic E-state index is 14.2. The van der Waals surface area contributed by atoms with E-state index in [1.165, 1.54) is 23.6 Å². The zero-order valence-electron chi connectivity index (χ0n) is 30.3. The molecule has 3 aromatic carbocycles. The van der Waals surface area contributed by atoms with E-state index in [2.05, 4.69) is 43.9 Å². The third kappa shape index (κ3) is 10.8. The Morgan fingerprint density at radius 2 is 1.50 bits per heavy atom. The maximum Gasteiger partial charge on any atom is 0.254 e. The van der Waals surface area contributed by atoms with Crippen LogP contribution in [0.2, 0.25) is 0 Å². The first kappa shape index (κ1) is 40.8. The van der Waals surface area contributed by atoms with Crippen LogP contribution in [-0.4, -0.2) is 74.4 Å². The number of hydrogen-bond donors (Lipinski definition) is 5. The van der Waals surface area contributed by atoms with E-state index in [4.69, 9.17) is 0 Å². The fraction of sp³-hybridized carbons (Fsp3) is 0.410. The number of aliphatic hydroxyl groups excluding tert-OH is 1. The van der Waals surface area contributed by atoms with E-state index in [0.717, 1.165) is 14.7 Å². The molecule has 5 amide bonds. The molecule has 11 nitrogen and oxygen atoms in total. The van der Waals surface area contributed by atoms with Crippen LogP contribution in [0.4, 0.5) is 0 Å². The lowest BCUT2D eigenvalue weighted by atomic mass is 9.85. The summed E-state index contributed by atoms with van der Waals surface area (Å²) in [4.78, 5) is 69.2. The number of carbonyl (C=O) groups is 5. The van der Waals surface area contributed by atoms with E-state index in [1.807, 2.05) is 68.4 Å². The zero-order chi connectivity index (χ0) is 38.2. The van der Waals surface area contributed by atoms with Gasteiger partial charge in [0.05, 0.1) is 11.9 Å². The molecule has 13 heteroatoms. The maximum absolute atomic E-state index is 14.2. The van der Waals surface area contributed by atoms with Gasteiger partial charge in [-0.2, -0.15) is 0 Å². The lowest BCUT2D eigenvalue weighted by Crippen LogP contribution is -2.62. The molecule has 1 aliphatic heterocycles. The Morgan fingerprint density at radius 3 is 2.10 bits per heavy atom. The lowest BCUT2D eigenvalue weighted by molar-refractivity contribution is -0.148. The number of rotatable bonds is 13. The Morgan fingerprint density at radius 1 is 0.885 bits per heavy atom. The Bertz CT molecular complexity index is 1740. The van der Waals surface area contributed by atoms with Crippen molar-refractivity contribution in [2.75, 3.05) is 5.88 Å². The predicted octanol–water partition coefficient (Wildman–Crippen LogP) is 4.08. The van der Waals surface area contributed by atoms with Crippen molar-refractivity contribution in [1.29, 1.82) is 0 Å². The molecule has 1 aliphatic rings. The van der Waals surface area contributed by atoms with Gasteiger partial charge in [-0.15, -0.1) is 11.8 Å². The van der Waals surface area contributed by atoms with Gasteiger partial charge in [-0.05, 0) is 77.1 Å². The highest BCUT2D eigenvalue weighted by Crippen LogP contribution is 2.40. The number of amides is 5. The Labute approximate surface area is 323 Å². The molecule has 0 radical (unpaired) electrons. The minimum atomic E-state index is -1.72. The van der Waals surface area contributed by atoms with Gasteiger partial charge in [0, 0.05) is 21.8 Å². The third-order valence-corrected chi connectivity index (χ3v) is 10.9. The molecule has 1 saturated heterocycles. The number of nitrogens with one attached hydrogen (secondary N) is 4. The molecule has 1 unspecified atom stereocenters. The van der Waals surface area contributed by atoms with Crippen molar-refractivity contribution >= 4 is 63.9 Å². The van der Waals surface area contributed by atoms with E-state index in [9.17, 15) is 29.1 Å². The first-order valence-corrected chi connectivity index (χ1v) is 19.2. The number of halogens is 1. The van der Waals surface area contributed by atoms with E-state index in [-0.39, 0.29) is 24.7 Å². The lowest BCUT2D eigenvalue weighted by Gasteiger charge is -2.35. The highest BCUT2D eigenvalue weighted by molar-refractivity contribution is 14.1. The fourth-order valence-corrected chi connectivity index (χ4v) is 7.86. The average Bonchev–Trinajstić information content (AvgIpc) is 3.42. The van der Waals surface area contributed by atoms with E-state index in [1.54, 1.807) is 51.1 Å². The van der Waals surface area contributed by atoms with Gasteiger partial charge in [-0.25, -0.2) is 0 Å². The predicted molar refractivity (Wildman–Crippen MR) is 211 cm³/mol. The molecule has 0 bridgehead atoms. The molecular formula is C39H48IN5O6S. The van der Waals surface area contributed by atoms with Crippen molar-refractivity contribution in [1.82, 2.24) is 26.2 Å². The van der Waals surface area contributed by atoms with Crippen LogP contribution in [0.1, 0.15) is 64.3 Å². The van der Waals surface area contributed by atoms with E-state index < -0.39 is 64.1 Å². The second kappa shape index (κ2) is 17.7. The molecular weight excluding hydrogens is 793 g/mol. The molecule has 0 aromatic heterocycles. The molecule has 1 heterocycles. The highest BCUT2D eigenvalue weighted by Gasteiger charge is 2.50. The monoisotopic (exact) mass is 841 g/mol. The van der Waals surface area contributed by atoms with Gasteiger partial charge in [0.2, 0.25) is 23.6 Å². The number of aliphatic hydroxyl groups is 1. The second-order valence-corrected chi connectivity index (χ2v) is 17.4. The average molecular weight is 842 g/mol. The first-order valence-electron chi connectivity index (χ1n) is 17.1. The SMILES string of the molecule is CC(=O)N[C@H](C(=O)N[C@H](C(=O)N[C@@H](Cc1ccccc1)[C@H](O)C(=O)N1CSC(C)(C)C1C(=O)NCc1cccc(I)c1)C(C)(C)C)c1ccccc1. The summed E-state index contributed by atoms with van der Waals surface area (Å²) in [5.74, 6) is -2.51. The summed E-state index contributed by atoms with van der Waals surface area (Å²) in [5.41, 5.74) is 1.39. The molecule has 0 spiro atoms. The summed E-state index contributed by atoms with van der Waals surface area (Å²) in [6, 6.07) is 21.4. The molecule has 278 valence electrons. The number of nitrogens with zero attached hydrogens (tertiary/aromatic N) is 1. The molecule has 5 atom stereocenters. The zero-order valence-corrected chi connectivity index (χ0v) is 33.3. The number of benzene rings is 3. The molecule has 4 rings (SSSR count). The smallest absolute Gasteiger partial charge is 0.254 e. The van der Waals surface area contributed by atoms with Crippen LogP contribution in [0.3, 0.4) is 0 Å². The Kier molecular flexibility index (Phi) is 13.9. The van der Waals surface area contributed by atoms with Crippen LogP contribution in [-0.2, 0) is 36.9 Å². The van der Waals surface area contributed by atoms with Gasteiger partial charge in [0.25, 0.3) is 5.91 Å². The quantitative estimate of drug-likeness (QED) is 0.163. The van der Waals surface area contributed by atoms with Crippen LogP contribution in [0.15, 0.2) is 84.9 Å². The fourth-order valence-electron chi connectivity index (χ4n) is 6.11. The summed E-state index contributed by atoms with van der Waals surface area (Å²) < 4.78 is 0.373. The standard InChI is InChI=1S/C39H48IN5O6S/c1-24(46)42-30(27-17-11-8-12-18-27)34(48)44-32(38(2,3)4)35(49)43-29(21-25-14-9-7-10-15-25)31(47)37(51)45-23-52-39(5,6)33(45)36(50)41-22-26-16-13-19-28(40)20-26/h7-20,29-33,47H,21-23H2,1-6H3,(H,41,50)(H,42,46)(H,43,49)(H,44,48)/t29-,30-,31-,32+,33?/m0/s1. The van der Waals surface area contributed by atoms with Crippen molar-refractivity contribution in [3.05, 3.63) is 105 Å². The Hall–Kier alpha value is -3.95. The van der Waals surface area contributed by atoms with Crippen LogP contribution in [0.25, 0.3) is 0 Å². The molecule has 3 aromatic rings. The van der Waals surface area contributed by atoms with E-state index in [0.29, 0.717) is 5.56 Å². The first-order chi connectivity index (χ1) is 24.5. The van der Waals surface area contributed by atoms with Gasteiger partial charge < -0.3 is 31.3 Å². The number of thioether (sulfide) groups is 1. The molecule has 1 fully saturated rings. The minimum Gasteiger partial charge on any atom is -0.381 e. The normalized spacial score (nSPS) is 17.6. The summed E-state index contributed by atoms with van der Waals surface area (Å²) in [6.45, 7) is 10.7. The van der Waals surface area contributed by atoms with Gasteiger partial charge in [0.1, 0.15) is 18.1 Å². The molecule has 0 saturated carbocycles. The van der Waals surface area contributed by atoms with Crippen molar-refractivity contribution in [2.24, 2.45) is 5.41 Å². The van der Waals surface area contributed by atoms with Crippen molar-refractivity contribution in [2.45, 2.75) is 89.5 Å². The van der Waals surface area contributed by atoms with E-state index >= 15 is 0 Å². The largest absolute Gasteiger partial charge is 0.381 e. The molecule has 5 N–H and O–H groups in total. The number of carbonyl (C=O) groups excluding carboxylic acids is 5. The van der Waals surface area contributed by atoms with Gasteiger partial charge in [-0.1, -0.05) is 93.6 Å². The van der Waals surface area contributed by atoms with Gasteiger partial charge >= 0.3 is 0 Å². The summed E-state index contributed by atoms with van der Waals surface area (Å²) in [6.07, 6.45) is -1.63. The van der Waals surface area contributed by atoms with Crippen molar-refractivity contribution in [3.63, 3.8) is 0 Å². The summed E-state index contributed by atoms with van der Waals surface area (Å²) >= 11 is 3.64. The second-order valence-electron chi connectivity index (χ2n) is 14.5. The molecule has 52 heavy (non-hydrogen) atoms. The molecule has 0 aliphatic carbocycles. The van der Waals surface area contributed by atoms with Crippen LogP contribution >= 0.6 is 34.4 Å². The summed E-state index contributed by atoms with van der Waals surface area (Å²) in [7, 11) is 0. The van der Waals surface area contributed by atoms with Crippen molar-refractivity contribution < 1.29 is 29.1 Å². The number of hydrogen-bond acceptors (Lipinski definition) is 7.